The van der Waals surface area contributed by atoms with Crippen molar-refractivity contribution in [2.75, 3.05) is 25.1 Å². The molecule has 160 valence electrons. The van der Waals surface area contributed by atoms with Crippen molar-refractivity contribution in [2.24, 2.45) is 0 Å². The predicted octanol–water partition coefficient (Wildman–Crippen LogP) is 4.20. The topological polar surface area (TPSA) is 67.9 Å². The fourth-order valence-electron chi connectivity index (χ4n) is 2.89. The smallest absolute Gasteiger partial charge is 0.339 e. The van der Waals surface area contributed by atoms with Crippen LogP contribution < -0.4 is 19.1 Å². The molecule has 0 aromatic heterocycles. The molecule has 0 fully saturated rings. The van der Waals surface area contributed by atoms with Gasteiger partial charge in [-0.25, -0.2) is 0 Å². The average Bonchev–Trinajstić information content (AvgIpc) is 2.73. The molecule has 0 aliphatic heterocycles. The summed E-state index contributed by atoms with van der Waals surface area (Å²) in [6, 6.07) is 12.3. The molecule has 1 unspecified atom stereocenters. The second-order valence-electron chi connectivity index (χ2n) is 6.87. The Kier molecular flexibility index (Phi) is 8.34. The van der Waals surface area contributed by atoms with Crippen molar-refractivity contribution in [3.63, 3.8) is 0 Å². The van der Waals surface area contributed by atoms with Gasteiger partial charge in [0.2, 0.25) is 0 Å². The summed E-state index contributed by atoms with van der Waals surface area (Å²) in [5, 5.41) is 3.40. The van der Waals surface area contributed by atoms with Crippen molar-refractivity contribution >= 4 is 15.8 Å². The number of hydrogen-bond donors (Lipinski definition) is 1. The Morgan fingerprint density at radius 1 is 1.03 bits per heavy atom. The number of nitrogens with zero attached hydrogens (tertiary/aromatic N) is 1. The summed E-state index contributed by atoms with van der Waals surface area (Å²) in [5.41, 5.74) is 1.74. The van der Waals surface area contributed by atoms with Gasteiger partial charge in [-0.15, -0.1) is 0 Å². The lowest BCUT2D eigenvalue weighted by Gasteiger charge is -2.23. The predicted molar refractivity (Wildman–Crippen MR) is 117 cm³/mol. The molecule has 0 saturated heterocycles. The van der Waals surface area contributed by atoms with E-state index in [-0.39, 0.29) is 4.90 Å². The Bertz CT molecular complexity index is 878. The first kappa shape index (κ1) is 23.0. The molecule has 0 spiro atoms. The second kappa shape index (κ2) is 10.5. The molecule has 0 aliphatic carbocycles. The Morgan fingerprint density at radius 2 is 1.69 bits per heavy atom. The second-order valence-corrected chi connectivity index (χ2v) is 8.41. The van der Waals surface area contributed by atoms with E-state index in [9.17, 15) is 8.42 Å². The van der Waals surface area contributed by atoms with Crippen LogP contribution in [0.5, 0.6) is 11.5 Å². The zero-order valence-corrected chi connectivity index (χ0v) is 18.8. The lowest BCUT2D eigenvalue weighted by molar-refractivity contribution is 0.414. The van der Waals surface area contributed by atoms with Crippen LogP contribution in [0.15, 0.2) is 47.4 Å². The third kappa shape index (κ3) is 6.11. The molecule has 0 bridgehead atoms. The van der Waals surface area contributed by atoms with Crippen molar-refractivity contribution < 1.29 is 17.3 Å². The molecule has 0 saturated carbocycles. The highest BCUT2D eigenvalue weighted by Crippen LogP contribution is 2.29. The molecule has 7 heteroatoms. The zero-order valence-electron chi connectivity index (χ0n) is 17.9. The average molecular weight is 421 g/mol. The van der Waals surface area contributed by atoms with Gasteiger partial charge in [0.25, 0.3) is 0 Å². The van der Waals surface area contributed by atoms with Gasteiger partial charge in [-0.1, -0.05) is 13.0 Å². The summed E-state index contributed by atoms with van der Waals surface area (Å²) in [6.45, 7) is 10.5. The summed E-state index contributed by atoms with van der Waals surface area (Å²) in [6.07, 6.45) is 0.984. The van der Waals surface area contributed by atoms with Crippen LogP contribution in [0.25, 0.3) is 0 Å². The highest BCUT2D eigenvalue weighted by Gasteiger charge is 2.20. The van der Waals surface area contributed by atoms with Crippen LogP contribution in [0.2, 0.25) is 0 Å². The standard InChI is InChI=1S/C22H32N2O4S/c1-6-17(4)23-16-18-9-10-19(24(7-2)8-3)15-22(18)28-29(25,26)21-13-11-20(27-5)12-14-21/h9-15,17,23H,6-8,16H2,1-5H3. The molecule has 0 radical (unpaired) electrons. The van der Waals surface area contributed by atoms with Gasteiger partial charge < -0.3 is 19.1 Å². The fraction of sp³-hybridized carbons (Fsp3) is 0.455. The quantitative estimate of drug-likeness (QED) is 0.550. The molecule has 0 heterocycles. The lowest BCUT2D eigenvalue weighted by atomic mass is 10.1. The Morgan fingerprint density at radius 3 is 2.24 bits per heavy atom. The van der Waals surface area contributed by atoms with Crippen LogP contribution in [0.1, 0.15) is 39.7 Å². The van der Waals surface area contributed by atoms with Crippen LogP contribution in [0.4, 0.5) is 5.69 Å². The van der Waals surface area contributed by atoms with Crippen LogP contribution >= 0.6 is 0 Å². The molecule has 0 aliphatic rings. The zero-order chi connectivity index (χ0) is 21.4. The van der Waals surface area contributed by atoms with Crippen molar-refractivity contribution in [1.82, 2.24) is 5.32 Å². The van der Waals surface area contributed by atoms with Crippen molar-refractivity contribution in [1.29, 1.82) is 0 Å². The highest BCUT2D eigenvalue weighted by atomic mass is 32.2. The van der Waals surface area contributed by atoms with E-state index >= 15 is 0 Å². The summed E-state index contributed by atoms with van der Waals surface area (Å²) in [5.74, 6) is 0.937. The minimum absolute atomic E-state index is 0.0902. The number of ether oxygens (including phenoxy) is 1. The minimum atomic E-state index is -3.96. The number of benzene rings is 2. The number of anilines is 1. The molecule has 29 heavy (non-hydrogen) atoms. The summed E-state index contributed by atoms with van der Waals surface area (Å²) < 4.78 is 36.4. The first-order chi connectivity index (χ1) is 13.8. The number of rotatable bonds is 11. The first-order valence-electron chi connectivity index (χ1n) is 10.0. The molecule has 2 rings (SSSR count). The molecule has 6 nitrogen and oxygen atoms in total. The van der Waals surface area contributed by atoms with E-state index in [0.717, 1.165) is 30.8 Å². The normalized spacial score (nSPS) is 12.4. The Hall–Kier alpha value is -2.25. The fourth-order valence-corrected chi connectivity index (χ4v) is 3.85. The van der Waals surface area contributed by atoms with Crippen molar-refractivity contribution in [3.05, 3.63) is 48.0 Å². The van der Waals surface area contributed by atoms with Gasteiger partial charge in [-0.3, -0.25) is 0 Å². The van der Waals surface area contributed by atoms with E-state index in [1.54, 1.807) is 12.1 Å². The van der Waals surface area contributed by atoms with Gasteiger partial charge in [0.05, 0.1) is 7.11 Å². The molecule has 0 amide bonds. The van der Waals surface area contributed by atoms with Crippen LogP contribution in [0, 0.1) is 0 Å². The number of methoxy groups -OCH3 is 1. The molecule has 1 atom stereocenters. The molecule has 2 aromatic carbocycles. The van der Waals surface area contributed by atoms with Gasteiger partial charge in [-0.2, -0.15) is 8.42 Å². The summed E-state index contributed by atoms with van der Waals surface area (Å²) in [7, 11) is -2.43. The van der Waals surface area contributed by atoms with Gasteiger partial charge in [0.15, 0.2) is 0 Å². The highest BCUT2D eigenvalue weighted by molar-refractivity contribution is 7.87. The van der Waals surface area contributed by atoms with E-state index in [1.165, 1.54) is 19.2 Å². The van der Waals surface area contributed by atoms with Gasteiger partial charge in [0, 0.05) is 43.0 Å². The van der Waals surface area contributed by atoms with Crippen LogP contribution in [-0.2, 0) is 16.7 Å². The maximum absolute atomic E-state index is 12.9. The van der Waals surface area contributed by atoms with Gasteiger partial charge in [0.1, 0.15) is 16.4 Å². The maximum atomic E-state index is 12.9. The van der Waals surface area contributed by atoms with E-state index in [1.807, 2.05) is 18.2 Å². The number of hydrogen-bond acceptors (Lipinski definition) is 6. The Balaban J connectivity index is 2.38. The number of nitrogens with one attached hydrogen (secondary N) is 1. The third-order valence-corrected chi connectivity index (χ3v) is 6.23. The van der Waals surface area contributed by atoms with E-state index in [2.05, 4.69) is 37.9 Å². The van der Waals surface area contributed by atoms with E-state index in [4.69, 9.17) is 8.92 Å². The van der Waals surface area contributed by atoms with Crippen molar-refractivity contribution in [2.45, 2.75) is 51.6 Å². The van der Waals surface area contributed by atoms with Crippen LogP contribution in [-0.4, -0.2) is 34.7 Å². The monoisotopic (exact) mass is 420 g/mol. The van der Waals surface area contributed by atoms with Gasteiger partial charge >= 0.3 is 10.1 Å². The summed E-state index contributed by atoms with van der Waals surface area (Å²) in [4.78, 5) is 2.24. The molecular formula is C22H32N2O4S. The molecule has 1 N–H and O–H groups in total. The minimum Gasteiger partial charge on any atom is -0.497 e. The SMILES string of the molecule is CCC(C)NCc1ccc(N(CC)CC)cc1OS(=O)(=O)c1ccc(OC)cc1. The van der Waals surface area contributed by atoms with Gasteiger partial charge in [-0.05, 0) is 57.5 Å². The largest absolute Gasteiger partial charge is 0.497 e. The van der Waals surface area contributed by atoms with E-state index < -0.39 is 10.1 Å². The van der Waals surface area contributed by atoms with Crippen molar-refractivity contribution in [3.8, 4) is 11.5 Å². The first-order valence-corrected chi connectivity index (χ1v) is 11.4. The molecule has 2 aromatic rings. The molecular weight excluding hydrogens is 388 g/mol. The third-order valence-electron chi connectivity index (χ3n) is 4.98. The maximum Gasteiger partial charge on any atom is 0.339 e. The van der Waals surface area contributed by atoms with E-state index in [0.29, 0.717) is 24.1 Å². The van der Waals surface area contributed by atoms with Crippen LogP contribution in [0.3, 0.4) is 0 Å². The summed E-state index contributed by atoms with van der Waals surface area (Å²) >= 11 is 0. The lowest BCUT2D eigenvalue weighted by Crippen LogP contribution is -2.25. The Labute approximate surface area is 175 Å².